The third-order valence-electron chi connectivity index (χ3n) is 2.79. The first-order valence-electron chi connectivity index (χ1n) is 6.20. The zero-order valence-corrected chi connectivity index (χ0v) is 11.0. The Labute approximate surface area is 122 Å². The SMILES string of the molecule is FC(F)(F)c1cnc(-c2ncn[nH]2)c(Oc2ccccc2)c1. The summed E-state index contributed by atoms with van der Waals surface area (Å²) in [6.45, 7) is 0. The molecule has 0 aliphatic carbocycles. The average Bonchev–Trinajstić information content (AvgIpc) is 3.01. The number of benzene rings is 1. The summed E-state index contributed by atoms with van der Waals surface area (Å²) in [6.07, 6.45) is -2.54. The van der Waals surface area contributed by atoms with Crippen LogP contribution in [-0.2, 0) is 6.18 Å². The van der Waals surface area contributed by atoms with E-state index in [1.807, 2.05) is 0 Å². The van der Waals surface area contributed by atoms with E-state index in [0.717, 1.165) is 12.3 Å². The number of halogens is 3. The summed E-state index contributed by atoms with van der Waals surface area (Å²) >= 11 is 0. The van der Waals surface area contributed by atoms with Gasteiger partial charge in [-0.2, -0.15) is 18.3 Å². The van der Waals surface area contributed by atoms with E-state index in [1.165, 1.54) is 6.33 Å². The number of rotatable bonds is 3. The van der Waals surface area contributed by atoms with Crippen molar-refractivity contribution in [1.29, 1.82) is 0 Å². The number of alkyl halides is 3. The number of ether oxygens (including phenoxy) is 1. The van der Waals surface area contributed by atoms with Crippen LogP contribution in [0, 0.1) is 0 Å². The lowest BCUT2D eigenvalue weighted by Crippen LogP contribution is -2.06. The molecular formula is C14H9F3N4O. The highest BCUT2D eigenvalue weighted by Gasteiger charge is 2.32. The van der Waals surface area contributed by atoms with Gasteiger partial charge in [0.15, 0.2) is 11.6 Å². The molecule has 0 radical (unpaired) electrons. The molecule has 0 bridgehead atoms. The molecule has 3 rings (SSSR count). The fourth-order valence-electron chi connectivity index (χ4n) is 1.79. The summed E-state index contributed by atoms with van der Waals surface area (Å²) in [5, 5.41) is 6.22. The van der Waals surface area contributed by atoms with Crippen LogP contribution in [0.2, 0.25) is 0 Å². The molecular weight excluding hydrogens is 297 g/mol. The lowest BCUT2D eigenvalue weighted by Gasteiger charge is -2.12. The van der Waals surface area contributed by atoms with Gasteiger partial charge < -0.3 is 4.74 Å². The number of H-pyrrole nitrogens is 1. The first-order chi connectivity index (χ1) is 10.5. The lowest BCUT2D eigenvalue weighted by atomic mass is 10.2. The Hall–Kier alpha value is -2.90. The number of aromatic amines is 1. The van der Waals surface area contributed by atoms with Crippen molar-refractivity contribution in [2.75, 3.05) is 0 Å². The van der Waals surface area contributed by atoms with Crippen molar-refractivity contribution in [3.8, 4) is 23.0 Å². The molecule has 0 saturated carbocycles. The second kappa shape index (κ2) is 5.47. The molecule has 0 atom stereocenters. The van der Waals surface area contributed by atoms with Gasteiger partial charge in [0.05, 0.1) is 5.56 Å². The fourth-order valence-corrected chi connectivity index (χ4v) is 1.79. The monoisotopic (exact) mass is 306 g/mol. The highest BCUT2D eigenvalue weighted by Crippen LogP contribution is 2.36. The van der Waals surface area contributed by atoms with Crippen LogP contribution in [-0.4, -0.2) is 20.2 Å². The first-order valence-corrected chi connectivity index (χ1v) is 6.20. The topological polar surface area (TPSA) is 63.7 Å². The second-order valence-corrected chi connectivity index (χ2v) is 4.32. The van der Waals surface area contributed by atoms with E-state index in [9.17, 15) is 13.2 Å². The van der Waals surface area contributed by atoms with E-state index in [0.29, 0.717) is 5.75 Å². The largest absolute Gasteiger partial charge is 0.455 e. The van der Waals surface area contributed by atoms with Gasteiger partial charge in [-0.3, -0.25) is 5.10 Å². The Morgan fingerprint density at radius 1 is 1.05 bits per heavy atom. The molecule has 0 spiro atoms. The van der Waals surface area contributed by atoms with E-state index in [2.05, 4.69) is 20.2 Å². The smallest absolute Gasteiger partial charge is 0.418 e. The Bertz CT molecular complexity index is 758. The van der Waals surface area contributed by atoms with Crippen molar-refractivity contribution in [3.63, 3.8) is 0 Å². The molecule has 0 aliphatic rings. The van der Waals surface area contributed by atoms with Crippen LogP contribution in [0.15, 0.2) is 48.9 Å². The number of hydrogen-bond donors (Lipinski definition) is 1. The molecule has 0 amide bonds. The second-order valence-electron chi connectivity index (χ2n) is 4.32. The summed E-state index contributed by atoms with van der Waals surface area (Å²) in [4.78, 5) is 7.70. The number of aromatic nitrogens is 4. The summed E-state index contributed by atoms with van der Waals surface area (Å²) in [6, 6.07) is 9.34. The van der Waals surface area contributed by atoms with Gasteiger partial charge in [-0.1, -0.05) is 18.2 Å². The Kier molecular flexibility index (Phi) is 3.50. The third-order valence-corrected chi connectivity index (χ3v) is 2.79. The van der Waals surface area contributed by atoms with Gasteiger partial charge in [0.25, 0.3) is 0 Å². The Morgan fingerprint density at radius 3 is 2.45 bits per heavy atom. The molecule has 8 heteroatoms. The van der Waals surface area contributed by atoms with E-state index in [-0.39, 0.29) is 17.3 Å². The molecule has 0 unspecified atom stereocenters. The molecule has 0 fully saturated rings. The van der Waals surface area contributed by atoms with Crippen molar-refractivity contribution >= 4 is 0 Å². The molecule has 112 valence electrons. The van der Waals surface area contributed by atoms with Gasteiger partial charge >= 0.3 is 6.18 Å². The maximum absolute atomic E-state index is 12.8. The van der Waals surface area contributed by atoms with Crippen molar-refractivity contribution in [1.82, 2.24) is 20.2 Å². The molecule has 0 aliphatic heterocycles. The quantitative estimate of drug-likeness (QED) is 0.801. The van der Waals surface area contributed by atoms with Gasteiger partial charge in [-0.15, -0.1) is 0 Å². The summed E-state index contributed by atoms with van der Waals surface area (Å²) < 4.78 is 44.1. The van der Waals surface area contributed by atoms with Crippen LogP contribution in [0.25, 0.3) is 11.5 Å². The molecule has 2 heterocycles. The molecule has 3 aromatic rings. The number of hydrogen-bond acceptors (Lipinski definition) is 4. The normalized spacial score (nSPS) is 11.4. The minimum Gasteiger partial charge on any atom is -0.455 e. The van der Waals surface area contributed by atoms with Crippen LogP contribution >= 0.6 is 0 Å². The van der Waals surface area contributed by atoms with E-state index < -0.39 is 11.7 Å². The first kappa shape index (κ1) is 14.1. The van der Waals surface area contributed by atoms with Crippen molar-refractivity contribution in [3.05, 3.63) is 54.5 Å². The molecule has 5 nitrogen and oxygen atoms in total. The van der Waals surface area contributed by atoms with Crippen LogP contribution in [0.5, 0.6) is 11.5 Å². The van der Waals surface area contributed by atoms with E-state index in [4.69, 9.17) is 4.74 Å². The van der Waals surface area contributed by atoms with Gasteiger partial charge in [0.2, 0.25) is 0 Å². The predicted molar refractivity (Wildman–Crippen MR) is 71.1 cm³/mol. The molecule has 0 saturated heterocycles. The Balaban J connectivity index is 2.07. The maximum Gasteiger partial charge on any atom is 0.418 e. The third kappa shape index (κ3) is 2.90. The standard InChI is InChI=1S/C14H9F3N4O/c15-14(16,17)9-6-11(22-10-4-2-1-3-5-10)12(18-7-9)13-19-8-20-21-13/h1-8H,(H,19,20,21). The van der Waals surface area contributed by atoms with Crippen LogP contribution < -0.4 is 4.74 Å². The molecule has 2 aromatic heterocycles. The Morgan fingerprint density at radius 2 is 1.82 bits per heavy atom. The summed E-state index contributed by atoms with van der Waals surface area (Å²) in [5.74, 6) is 0.557. The van der Waals surface area contributed by atoms with E-state index >= 15 is 0 Å². The molecule has 22 heavy (non-hydrogen) atoms. The van der Waals surface area contributed by atoms with Crippen LogP contribution in [0.3, 0.4) is 0 Å². The minimum absolute atomic E-state index is 0.0576. The number of nitrogens with one attached hydrogen (secondary N) is 1. The van der Waals surface area contributed by atoms with E-state index in [1.54, 1.807) is 30.3 Å². The summed E-state index contributed by atoms with van der Waals surface area (Å²) in [7, 11) is 0. The fraction of sp³-hybridized carbons (Fsp3) is 0.0714. The highest BCUT2D eigenvalue weighted by molar-refractivity contribution is 5.60. The number of pyridine rings is 1. The summed E-state index contributed by atoms with van der Waals surface area (Å²) in [5.41, 5.74) is -0.754. The van der Waals surface area contributed by atoms with Gasteiger partial charge in [-0.05, 0) is 18.2 Å². The van der Waals surface area contributed by atoms with Crippen molar-refractivity contribution < 1.29 is 17.9 Å². The van der Waals surface area contributed by atoms with Crippen molar-refractivity contribution in [2.24, 2.45) is 0 Å². The zero-order chi connectivity index (χ0) is 15.6. The van der Waals surface area contributed by atoms with Crippen LogP contribution in [0.1, 0.15) is 5.56 Å². The van der Waals surface area contributed by atoms with Crippen LogP contribution in [0.4, 0.5) is 13.2 Å². The molecule has 1 N–H and O–H groups in total. The zero-order valence-electron chi connectivity index (χ0n) is 11.0. The minimum atomic E-state index is -4.51. The average molecular weight is 306 g/mol. The highest BCUT2D eigenvalue weighted by atomic mass is 19.4. The van der Waals surface area contributed by atoms with Crippen molar-refractivity contribution in [2.45, 2.75) is 6.18 Å². The van der Waals surface area contributed by atoms with Gasteiger partial charge in [-0.25, -0.2) is 9.97 Å². The van der Waals surface area contributed by atoms with Gasteiger partial charge in [0, 0.05) is 6.20 Å². The maximum atomic E-state index is 12.8. The molecule has 1 aromatic carbocycles. The van der Waals surface area contributed by atoms with Gasteiger partial charge in [0.1, 0.15) is 17.8 Å². The number of para-hydroxylation sites is 1. The number of nitrogens with zero attached hydrogens (tertiary/aromatic N) is 3. The lowest BCUT2D eigenvalue weighted by molar-refractivity contribution is -0.137. The predicted octanol–water partition coefficient (Wildman–Crippen LogP) is 3.68.